The summed E-state index contributed by atoms with van der Waals surface area (Å²) in [6.07, 6.45) is 3.72. The van der Waals surface area contributed by atoms with Crippen molar-refractivity contribution >= 4 is 5.91 Å². The van der Waals surface area contributed by atoms with Crippen LogP contribution in [0.2, 0.25) is 0 Å². The second kappa shape index (κ2) is 6.49. The molecule has 0 saturated carbocycles. The van der Waals surface area contributed by atoms with Gasteiger partial charge in [0, 0.05) is 6.54 Å². The van der Waals surface area contributed by atoms with E-state index in [2.05, 4.69) is 20.8 Å². The molecule has 2 heterocycles. The third-order valence-corrected chi connectivity index (χ3v) is 3.72. The van der Waals surface area contributed by atoms with Crippen molar-refractivity contribution in [2.45, 2.75) is 12.8 Å². The highest BCUT2D eigenvalue weighted by molar-refractivity contribution is 5.91. The summed E-state index contributed by atoms with van der Waals surface area (Å²) in [4.78, 5) is 13.6. The van der Waals surface area contributed by atoms with Gasteiger partial charge in [0.15, 0.2) is 5.69 Å². The molecule has 1 aliphatic rings. The fourth-order valence-electron chi connectivity index (χ4n) is 2.47. The van der Waals surface area contributed by atoms with Gasteiger partial charge in [-0.2, -0.15) is 9.90 Å². The molecular weight excluding hydrogens is 266 g/mol. The number of para-hydroxylation sites is 1. The van der Waals surface area contributed by atoms with Gasteiger partial charge >= 0.3 is 0 Å². The minimum atomic E-state index is -0.157. The number of rotatable bonds is 4. The van der Waals surface area contributed by atoms with Crippen molar-refractivity contribution in [3.63, 3.8) is 0 Å². The summed E-state index contributed by atoms with van der Waals surface area (Å²) in [6.45, 7) is 2.77. The Morgan fingerprint density at radius 2 is 2.05 bits per heavy atom. The number of carbonyl (C=O) groups is 1. The summed E-state index contributed by atoms with van der Waals surface area (Å²) in [5.74, 6) is 0.398. The number of aromatic nitrogens is 3. The molecule has 2 N–H and O–H groups in total. The van der Waals surface area contributed by atoms with Crippen molar-refractivity contribution in [3.8, 4) is 5.69 Å². The average molecular weight is 285 g/mol. The van der Waals surface area contributed by atoms with Crippen LogP contribution in [0.5, 0.6) is 0 Å². The normalized spacial score (nSPS) is 15.8. The number of carbonyl (C=O) groups excluding carboxylic acids is 1. The fraction of sp³-hybridized carbons (Fsp3) is 0.400. The Hall–Kier alpha value is -2.21. The largest absolute Gasteiger partial charge is 0.350 e. The SMILES string of the molecule is O=C(NCC1CCNCC1)c1cnn(-c2ccccc2)n1. The predicted octanol–water partition coefficient (Wildman–Crippen LogP) is 0.997. The first kappa shape index (κ1) is 13.8. The summed E-state index contributed by atoms with van der Waals surface area (Å²) >= 11 is 0. The smallest absolute Gasteiger partial charge is 0.273 e. The van der Waals surface area contributed by atoms with E-state index in [1.54, 1.807) is 0 Å². The lowest BCUT2D eigenvalue weighted by Gasteiger charge is -2.22. The number of nitrogens with zero attached hydrogens (tertiary/aromatic N) is 3. The minimum absolute atomic E-state index is 0.157. The molecule has 0 radical (unpaired) electrons. The first-order valence-corrected chi connectivity index (χ1v) is 7.29. The molecule has 1 aromatic carbocycles. The minimum Gasteiger partial charge on any atom is -0.350 e. The fourth-order valence-corrected chi connectivity index (χ4v) is 2.47. The molecule has 1 fully saturated rings. The van der Waals surface area contributed by atoms with Crippen LogP contribution in [-0.2, 0) is 0 Å². The molecule has 0 bridgehead atoms. The highest BCUT2D eigenvalue weighted by atomic mass is 16.2. The Labute approximate surface area is 123 Å². The van der Waals surface area contributed by atoms with E-state index < -0.39 is 0 Å². The second-order valence-corrected chi connectivity index (χ2v) is 5.26. The van der Waals surface area contributed by atoms with E-state index in [0.29, 0.717) is 18.2 Å². The molecule has 6 nitrogen and oxygen atoms in total. The summed E-state index contributed by atoms with van der Waals surface area (Å²) in [5, 5.41) is 14.6. The van der Waals surface area contributed by atoms with E-state index in [0.717, 1.165) is 31.6 Å². The highest BCUT2D eigenvalue weighted by Crippen LogP contribution is 2.10. The van der Waals surface area contributed by atoms with E-state index in [1.807, 2.05) is 30.3 Å². The van der Waals surface area contributed by atoms with Crippen LogP contribution in [0.1, 0.15) is 23.3 Å². The quantitative estimate of drug-likeness (QED) is 0.879. The van der Waals surface area contributed by atoms with E-state index >= 15 is 0 Å². The lowest BCUT2D eigenvalue weighted by atomic mass is 9.98. The van der Waals surface area contributed by atoms with Crippen LogP contribution in [0, 0.1) is 5.92 Å². The monoisotopic (exact) mass is 285 g/mol. The van der Waals surface area contributed by atoms with E-state index in [1.165, 1.54) is 11.0 Å². The number of hydrogen-bond acceptors (Lipinski definition) is 4. The molecule has 0 unspecified atom stereocenters. The van der Waals surface area contributed by atoms with Crippen LogP contribution in [0.15, 0.2) is 36.5 Å². The maximum atomic E-state index is 12.1. The second-order valence-electron chi connectivity index (χ2n) is 5.26. The summed E-state index contributed by atoms with van der Waals surface area (Å²) < 4.78 is 0. The molecular formula is C15H19N5O. The van der Waals surface area contributed by atoms with Gasteiger partial charge in [0.05, 0.1) is 11.9 Å². The molecule has 110 valence electrons. The van der Waals surface area contributed by atoms with Gasteiger partial charge in [-0.15, -0.1) is 5.10 Å². The van der Waals surface area contributed by atoms with Crippen molar-refractivity contribution in [2.24, 2.45) is 5.92 Å². The Morgan fingerprint density at radius 1 is 1.29 bits per heavy atom. The molecule has 1 aromatic heterocycles. The van der Waals surface area contributed by atoms with E-state index in [9.17, 15) is 4.79 Å². The van der Waals surface area contributed by atoms with Crippen LogP contribution >= 0.6 is 0 Å². The van der Waals surface area contributed by atoms with Crippen molar-refractivity contribution in [3.05, 3.63) is 42.2 Å². The molecule has 1 amide bonds. The van der Waals surface area contributed by atoms with Crippen LogP contribution in [0.4, 0.5) is 0 Å². The van der Waals surface area contributed by atoms with Gasteiger partial charge in [0.1, 0.15) is 0 Å². The topological polar surface area (TPSA) is 71.8 Å². The molecule has 2 aromatic rings. The zero-order valence-electron chi connectivity index (χ0n) is 11.8. The molecule has 3 rings (SSSR count). The first-order chi connectivity index (χ1) is 10.3. The van der Waals surface area contributed by atoms with Crippen LogP contribution in [0.25, 0.3) is 5.69 Å². The van der Waals surface area contributed by atoms with Crippen molar-refractivity contribution < 1.29 is 4.79 Å². The Bertz CT molecular complexity index is 589. The predicted molar refractivity (Wildman–Crippen MR) is 79.3 cm³/mol. The van der Waals surface area contributed by atoms with E-state index in [4.69, 9.17) is 0 Å². The van der Waals surface area contributed by atoms with Crippen LogP contribution in [-0.4, -0.2) is 40.5 Å². The number of piperidine rings is 1. The summed E-state index contributed by atoms with van der Waals surface area (Å²) in [7, 11) is 0. The third kappa shape index (κ3) is 3.46. The summed E-state index contributed by atoms with van der Waals surface area (Å²) in [5.41, 5.74) is 1.20. The maximum absolute atomic E-state index is 12.1. The Morgan fingerprint density at radius 3 is 2.81 bits per heavy atom. The van der Waals surface area contributed by atoms with Crippen LogP contribution < -0.4 is 10.6 Å². The lowest BCUT2D eigenvalue weighted by Crippen LogP contribution is -2.36. The van der Waals surface area contributed by atoms with Crippen LogP contribution in [0.3, 0.4) is 0 Å². The molecule has 6 heteroatoms. The van der Waals surface area contributed by atoms with Crippen molar-refractivity contribution in [1.29, 1.82) is 0 Å². The van der Waals surface area contributed by atoms with Gasteiger partial charge in [0.2, 0.25) is 0 Å². The zero-order valence-corrected chi connectivity index (χ0v) is 11.8. The average Bonchev–Trinajstić information content (AvgIpc) is 3.04. The number of hydrogen-bond donors (Lipinski definition) is 2. The van der Waals surface area contributed by atoms with Gasteiger partial charge in [-0.25, -0.2) is 0 Å². The molecule has 0 aliphatic carbocycles. The van der Waals surface area contributed by atoms with Crippen molar-refractivity contribution in [2.75, 3.05) is 19.6 Å². The van der Waals surface area contributed by atoms with Crippen molar-refractivity contribution in [1.82, 2.24) is 25.6 Å². The zero-order chi connectivity index (χ0) is 14.5. The number of amides is 1. The summed E-state index contributed by atoms with van der Waals surface area (Å²) in [6, 6.07) is 9.55. The first-order valence-electron chi connectivity index (χ1n) is 7.29. The number of nitrogens with one attached hydrogen (secondary N) is 2. The maximum Gasteiger partial charge on any atom is 0.273 e. The molecule has 1 saturated heterocycles. The number of benzene rings is 1. The molecule has 0 spiro atoms. The third-order valence-electron chi connectivity index (χ3n) is 3.72. The van der Waals surface area contributed by atoms with Gasteiger partial charge in [0.25, 0.3) is 5.91 Å². The lowest BCUT2D eigenvalue weighted by molar-refractivity contribution is 0.0939. The van der Waals surface area contributed by atoms with Gasteiger partial charge in [-0.3, -0.25) is 4.79 Å². The molecule has 21 heavy (non-hydrogen) atoms. The molecule has 1 aliphatic heterocycles. The standard InChI is InChI=1S/C15H19N5O/c21-15(17-10-12-6-8-16-9-7-12)14-11-18-20(19-14)13-4-2-1-3-5-13/h1-5,11-12,16H,6-10H2,(H,17,21). The van der Waals surface area contributed by atoms with Gasteiger partial charge in [-0.05, 0) is 44.0 Å². The van der Waals surface area contributed by atoms with Gasteiger partial charge in [-0.1, -0.05) is 18.2 Å². The molecule has 0 atom stereocenters. The van der Waals surface area contributed by atoms with Gasteiger partial charge < -0.3 is 10.6 Å². The Balaban J connectivity index is 1.59. The van der Waals surface area contributed by atoms with E-state index in [-0.39, 0.29) is 5.91 Å². The Kier molecular flexibility index (Phi) is 4.25. The highest BCUT2D eigenvalue weighted by Gasteiger charge is 2.16.